The first-order valence-electron chi connectivity index (χ1n) is 6.43. The summed E-state index contributed by atoms with van der Waals surface area (Å²) in [6, 6.07) is 6.20. The third-order valence-corrected chi connectivity index (χ3v) is 3.80. The van der Waals surface area contributed by atoms with Crippen LogP contribution in [0.1, 0.15) is 37.6 Å². The number of hydrogen-bond acceptors (Lipinski definition) is 1. The fourth-order valence-electron chi connectivity index (χ4n) is 2.46. The normalized spacial score (nSPS) is 20.2. The zero-order chi connectivity index (χ0) is 13.3. The molecule has 2 nitrogen and oxygen atoms in total. The Bertz CT molecular complexity index is 450. The number of amides is 1. The number of nitrogens with zero attached hydrogens (tertiary/aromatic N) is 1. The third kappa shape index (κ3) is 2.55. The highest BCUT2D eigenvalue weighted by atomic mass is 19.1. The molecule has 2 rings (SSSR count). The van der Waals surface area contributed by atoms with E-state index in [0.717, 1.165) is 19.5 Å². The van der Waals surface area contributed by atoms with E-state index in [4.69, 9.17) is 0 Å². The molecule has 3 heteroatoms. The lowest BCUT2D eigenvalue weighted by Crippen LogP contribution is -2.31. The third-order valence-electron chi connectivity index (χ3n) is 3.80. The average molecular weight is 249 g/mol. The molecule has 1 aliphatic heterocycles. The molecule has 0 aliphatic carbocycles. The molecule has 0 saturated carbocycles. The summed E-state index contributed by atoms with van der Waals surface area (Å²) in [5.74, 6) is -0.116. The molecule has 0 spiro atoms. The summed E-state index contributed by atoms with van der Waals surface area (Å²) in [4.78, 5) is 14.0. The molecule has 98 valence electrons. The molecular formula is C15H20FNO. The number of rotatable bonds is 1. The summed E-state index contributed by atoms with van der Waals surface area (Å²) < 4.78 is 13.6. The Balaban J connectivity index is 2.11. The number of halogens is 1. The van der Waals surface area contributed by atoms with Crippen molar-refractivity contribution in [2.75, 3.05) is 13.1 Å². The van der Waals surface area contributed by atoms with Gasteiger partial charge in [-0.1, -0.05) is 32.9 Å². The van der Waals surface area contributed by atoms with Gasteiger partial charge < -0.3 is 4.90 Å². The highest BCUT2D eigenvalue weighted by Gasteiger charge is 2.34. The van der Waals surface area contributed by atoms with E-state index in [0.29, 0.717) is 5.92 Å². The number of carbonyl (C=O) groups is 1. The Morgan fingerprint density at radius 2 is 2.00 bits per heavy atom. The summed E-state index contributed by atoms with van der Waals surface area (Å²) >= 11 is 0. The lowest BCUT2D eigenvalue weighted by atomic mass is 9.80. The van der Waals surface area contributed by atoms with E-state index >= 15 is 0 Å². The van der Waals surface area contributed by atoms with Crippen LogP contribution in [-0.2, 0) is 0 Å². The van der Waals surface area contributed by atoms with Gasteiger partial charge in [-0.05, 0) is 29.9 Å². The van der Waals surface area contributed by atoms with Crippen LogP contribution < -0.4 is 0 Å². The fraction of sp³-hybridized carbons (Fsp3) is 0.533. The van der Waals surface area contributed by atoms with Crippen molar-refractivity contribution in [3.05, 3.63) is 35.6 Å². The minimum absolute atomic E-state index is 0.181. The van der Waals surface area contributed by atoms with E-state index < -0.39 is 5.82 Å². The average Bonchev–Trinajstić information content (AvgIpc) is 2.77. The molecule has 0 aromatic heterocycles. The van der Waals surface area contributed by atoms with Crippen molar-refractivity contribution in [3.8, 4) is 0 Å². The highest BCUT2D eigenvalue weighted by Crippen LogP contribution is 2.34. The van der Waals surface area contributed by atoms with Gasteiger partial charge >= 0.3 is 0 Å². The van der Waals surface area contributed by atoms with Crippen LogP contribution in [0.5, 0.6) is 0 Å². The smallest absolute Gasteiger partial charge is 0.256 e. The van der Waals surface area contributed by atoms with Gasteiger partial charge in [-0.3, -0.25) is 4.79 Å². The maximum absolute atomic E-state index is 13.6. The van der Waals surface area contributed by atoms with Crippen molar-refractivity contribution in [2.24, 2.45) is 11.3 Å². The molecule has 1 fully saturated rings. The van der Waals surface area contributed by atoms with Gasteiger partial charge in [-0.15, -0.1) is 0 Å². The van der Waals surface area contributed by atoms with Crippen LogP contribution in [0.2, 0.25) is 0 Å². The Labute approximate surface area is 108 Å². The molecule has 18 heavy (non-hydrogen) atoms. The summed E-state index contributed by atoms with van der Waals surface area (Å²) in [6.45, 7) is 8.03. The maximum Gasteiger partial charge on any atom is 0.256 e. The SMILES string of the molecule is CC(C)(C)C1CCN(C(=O)c2ccccc2F)C1. The Kier molecular flexibility index (Phi) is 3.42. The van der Waals surface area contributed by atoms with E-state index in [-0.39, 0.29) is 16.9 Å². The quantitative estimate of drug-likeness (QED) is 0.747. The van der Waals surface area contributed by atoms with Gasteiger partial charge in [-0.25, -0.2) is 4.39 Å². The molecule has 1 unspecified atom stereocenters. The molecule has 0 radical (unpaired) electrons. The van der Waals surface area contributed by atoms with Gasteiger partial charge in [0.15, 0.2) is 0 Å². The first-order chi connectivity index (χ1) is 8.39. The van der Waals surface area contributed by atoms with Gasteiger partial charge in [0.2, 0.25) is 0 Å². The summed E-state index contributed by atoms with van der Waals surface area (Å²) in [5, 5.41) is 0. The fourth-order valence-corrected chi connectivity index (χ4v) is 2.46. The predicted octanol–water partition coefficient (Wildman–Crippen LogP) is 3.33. The van der Waals surface area contributed by atoms with Crippen LogP contribution in [0.3, 0.4) is 0 Å². The summed E-state index contributed by atoms with van der Waals surface area (Å²) in [6.07, 6.45) is 1.00. The molecule has 0 N–H and O–H groups in total. The van der Waals surface area contributed by atoms with Crippen molar-refractivity contribution in [1.29, 1.82) is 0 Å². The topological polar surface area (TPSA) is 20.3 Å². The van der Waals surface area contributed by atoms with E-state index in [1.54, 1.807) is 23.1 Å². The second-order valence-electron chi connectivity index (χ2n) is 6.08. The minimum Gasteiger partial charge on any atom is -0.338 e. The lowest BCUT2D eigenvalue weighted by molar-refractivity contribution is 0.0772. The maximum atomic E-state index is 13.6. The van der Waals surface area contributed by atoms with Crippen molar-refractivity contribution in [3.63, 3.8) is 0 Å². The zero-order valence-corrected chi connectivity index (χ0v) is 11.2. The lowest BCUT2D eigenvalue weighted by Gasteiger charge is -2.27. The minimum atomic E-state index is -0.429. The zero-order valence-electron chi connectivity index (χ0n) is 11.2. The van der Waals surface area contributed by atoms with Crippen molar-refractivity contribution in [1.82, 2.24) is 4.90 Å². The first-order valence-corrected chi connectivity index (χ1v) is 6.43. The molecule has 1 amide bonds. The van der Waals surface area contributed by atoms with Crippen molar-refractivity contribution in [2.45, 2.75) is 27.2 Å². The van der Waals surface area contributed by atoms with Crippen molar-refractivity contribution < 1.29 is 9.18 Å². The summed E-state index contributed by atoms with van der Waals surface area (Å²) in [7, 11) is 0. The molecule has 1 aliphatic rings. The van der Waals surface area contributed by atoms with Crippen LogP contribution in [-0.4, -0.2) is 23.9 Å². The molecular weight excluding hydrogens is 229 g/mol. The Morgan fingerprint density at radius 3 is 2.56 bits per heavy atom. The van der Waals surface area contributed by atoms with Gasteiger partial charge in [0, 0.05) is 13.1 Å². The van der Waals surface area contributed by atoms with Gasteiger partial charge in [-0.2, -0.15) is 0 Å². The van der Waals surface area contributed by atoms with Crippen LogP contribution in [0, 0.1) is 17.2 Å². The van der Waals surface area contributed by atoms with E-state index in [1.807, 2.05) is 0 Å². The van der Waals surface area contributed by atoms with Crippen molar-refractivity contribution >= 4 is 5.91 Å². The second-order valence-corrected chi connectivity index (χ2v) is 6.08. The predicted molar refractivity (Wildman–Crippen MR) is 69.9 cm³/mol. The second kappa shape index (κ2) is 4.71. The number of likely N-dealkylation sites (tertiary alicyclic amines) is 1. The molecule has 1 heterocycles. The molecule has 1 atom stereocenters. The van der Waals surface area contributed by atoms with Gasteiger partial charge in [0.25, 0.3) is 5.91 Å². The highest BCUT2D eigenvalue weighted by molar-refractivity contribution is 5.94. The van der Waals surface area contributed by atoms with Crippen LogP contribution in [0.15, 0.2) is 24.3 Å². The standard InChI is InChI=1S/C15H20FNO/c1-15(2,3)11-8-9-17(10-11)14(18)12-6-4-5-7-13(12)16/h4-7,11H,8-10H2,1-3H3. The summed E-state index contributed by atoms with van der Waals surface area (Å²) in [5.41, 5.74) is 0.386. The van der Waals surface area contributed by atoms with Gasteiger partial charge in [0.1, 0.15) is 5.82 Å². The largest absolute Gasteiger partial charge is 0.338 e. The Morgan fingerprint density at radius 1 is 1.33 bits per heavy atom. The van der Waals surface area contributed by atoms with E-state index in [9.17, 15) is 9.18 Å². The van der Waals surface area contributed by atoms with Crippen LogP contribution in [0.25, 0.3) is 0 Å². The molecule has 0 bridgehead atoms. The molecule has 1 aromatic carbocycles. The first kappa shape index (κ1) is 13.1. The monoisotopic (exact) mass is 249 g/mol. The van der Waals surface area contributed by atoms with E-state index in [1.165, 1.54) is 6.07 Å². The number of hydrogen-bond donors (Lipinski definition) is 0. The number of benzene rings is 1. The Hall–Kier alpha value is -1.38. The molecule has 1 saturated heterocycles. The van der Waals surface area contributed by atoms with Crippen LogP contribution >= 0.6 is 0 Å². The van der Waals surface area contributed by atoms with Gasteiger partial charge in [0.05, 0.1) is 5.56 Å². The number of carbonyl (C=O) groups excluding carboxylic acids is 1. The van der Waals surface area contributed by atoms with Crippen LogP contribution in [0.4, 0.5) is 4.39 Å². The van der Waals surface area contributed by atoms with E-state index in [2.05, 4.69) is 20.8 Å². The molecule has 1 aromatic rings.